The number of piperidine rings is 1. The van der Waals surface area contributed by atoms with Crippen LogP contribution in [0.15, 0.2) is 41.3 Å². The Labute approximate surface area is 200 Å². The Morgan fingerprint density at radius 2 is 2.06 bits per heavy atom. The van der Waals surface area contributed by atoms with Gasteiger partial charge in [-0.15, -0.1) is 0 Å². The third-order valence-electron chi connectivity index (χ3n) is 6.89. The first-order valence-electron chi connectivity index (χ1n) is 11.9. The maximum Gasteiger partial charge on any atom is 0.250 e. The normalized spacial score (nSPS) is 20.6. The topological polar surface area (TPSA) is 63.6 Å². The first-order valence-corrected chi connectivity index (χ1v) is 12.3. The molecule has 6 nitrogen and oxygen atoms in total. The lowest BCUT2D eigenvalue weighted by Crippen LogP contribution is -2.47. The number of benzene rings is 1. The summed E-state index contributed by atoms with van der Waals surface area (Å²) in [5, 5.41) is 4.10. The number of carbonyl (C=O) groups is 1. The number of hydrogen-bond acceptors (Lipinski definition) is 4. The van der Waals surface area contributed by atoms with Gasteiger partial charge in [-0.1, -0.05) is 23.7 Å². The molecule has 7 heteroatoms. The number of nitrogens with one attached hydrogen (secondary N) is 1. The maximum atomic E-state index is 13.9. The van der Waals surface area contributed by atoms with Gasteiger partial charge in [-0.2, -0.15) is 0 Å². The van der Waals surface area contributed by atoms with E-state index in [1.165, 1.54) is 5.56 Å². The number of aryl methyl sites for hydroxylation is 2. The van der Waals surface area contributed by atoms with Crippen LogP contribution in [0.2, 0.25) is 5.02 Å². The van der Waals surface area contributed by atoms with Gasteiger partial charge in [0, 0.05) is 57.2 Å². The van der Waals surface area contributed by atoms with Crippen molar-refractivity contribution in [3.8, 4) is 0 Å². The fourth-order valence-corrected chi connectivity index (χ4v) is 4.98. The van der Waals surface area contributed by atoms with Gasteiger partial charge in [0.1, 0.15) is 0 Å². The van der Waals surface area contributed by atoms with Gasteiger partial charge in [0.05, 0.1) is 5.92 Å². The molecular weight excluding hydrogens is 438 g/mol. The minimum absolute atomic E-state index is 0.0339. The minimum Gasteiger partial charge on any atom is -0.385 e. The molecule has 1 saturated heterocycles. The van der Waals surface area contributed by atoms with Gasteiger partial charge in [0.25, 0.3) is 5.56 Å². The second kappa shape index (κ2) is 10.9. The number of methoxy groups -OCH3 is 1. The van der Waals surface area contributed by atoms with Crippen molar-refractivity contribution in [3.63, 3.8) is 0 Å². The minimum atomic E-state index is -0.185. The van der Waals surface area contributed by atoms with Crippen LogP contribution in [-0.2, 0) is 29.5 Å². The van der Waals surface area contributed by atoms with Crippen molar-refractivity contribution >= 4 is 17.5 Å². The molecule has 2 heterocycles. The number of nitrogens with zero attached hydrogens (tertiary/aromatic N) is 2. The predicted molar refractivity (Wildman–Crippen MR) is 131 cm³/mol. The quantitative estimate of drug-likeness (QED) is 0.568. The van der Waals surface area contributed by atoms with Crippen LogP contribution in [0.3, 0.4) is 0 Å². The number of amides is 1. The molecule has 1 aromatic carbocycles. The van der Waals surface area contributed by atoms with Crippen LogP contribution in [0, 0.1) is 5.92 Å². The van der Waals surface area contributed by atoms with Crippen molar-refractivity contribution in [1.29, 1.82) is 0 Å². The summed E-state index contributed by atoms with van der Waals surface area (Å²) in [4.78, 5) is 28.1. The molecule has 1 saturated carbocycles. The third kappa shape index (κ3) is 5.86. The molecule has 1 aliphatic heterocycles. The highest BCUT2D eigenvalue weighted by atomic mass is 35.5. The number of halogens is 1. The largest absolute Gasteiger partial charge is 0.385 e. The molecule has 0 bridgehead atoms. The number of rotatable bonds is 9. The van der Waals surface area contributed by atoms with E-state index in [4.69, 9.17) is 16.3 Å². The first kappa shape index (κ1) is 24.0. The summed E-state index contributed by atoms with van der Waals surface area (Å²) in [5.41, 5.74) is 3.15. The Morgan fingerprint density at radius 1 is 1.24 bits per heavy atom. The van der Waals surface area contributed by atoms with Crippen molar-refractivity contribution in [2.45, 2.75) is 50.6 Å². The lowest BCUT2D eigenvalue weighted by Gasteiger charge is -2.36. The van der Waals surface area contributed by atoms with E-state index in [0.717, 1.165) is 56.4 Å². The van der Waals surface area contributed by atoms with E-state index in [1.54, 1.807) is 31.0 Å². The smallest absolute Gasteiger partial charge is 0.250 e. The molecule has 178 valence electrons. The van der Waals surface area contributed by atoms with Crippen LogP contribution < -0.4 is 10.9 Å². The van der Waals surface area contributed by atoms with E-state index in [1.807, 2.05) is 17.0 Å². The van der Waals surface area contributed by atoms with E-state index < -0.39 is 0 Å². The summed E-state index contributed by atoms with van der Waals surface area (Å²) in [7, 11) is 3.46. The zero-order valence-electron chi connectivity index (χ0n) is 19.6. The molecular formula is C26H34ClN3O3. The summed E-state index contributed by atoms with van der Waals surface area (Å²) in [5.74, 6) is 0.0242. The van der Waals surface area contributed by atoms with Crippen LogP contribution in [0.1, 0.15) is 48.3 Å². The van der Waals surface area contributed by atoms with Crippen molar-refractivity contribution in [2.75, 3.05) is 26.8 Å². The molecule has 2 aliphatic rings. The average Bonchev–Trinajstić information content (AvgIpc) is 3.66. The highest BCUT2D eigenvalue weighted by Gasteiger charge is 2.40. The number of hydrogen-bond donors (Lipinski definition) is 1. The monoisotopic (exact) mass is 471 g/mol. The van der Waals surface area contributed by atoms with E-state index in [-0.39, 0.29) is 29.3 Å². The number of pyridine rings is 1. The highest BCUT2D eigenvalue weighted by molar-refractivity contribution is 6.31. The van der Waals surface area contributed by atoms with Gasteiger partial charge in [-0.3, -0.25) is 9.59 Å². The Morgan fingerprint density at radius 3 is 2.79 bits per heavy atom. The molecule has 0 spiro atoms. The fraction of sp³-hybridized carbons (Fsp3) is 0.538. The summed E-state index contributed by atoms with van der Waals surface area (Å²) < 4.78 is 6.74. The lowest BCUT2D eigenvalue weighted by molar-refractivity contribution is -0.138. The van der Waals surface area contributed by atoms with E-state index in [9.17, 15) is 9.59 Å². The van der Waals surface area contributed by atoms with Crippen molar-refractivity contribution in [2.24, 2.45) is 13.0 Å². The first-order chi connectivity index (χ1) is 16.0. The fourth-order valence-electron chi connectivity index (χ4n) is 4.81. The van der Waals surface area contributed by atoms with Crippen LogP contribution in [0.4, 0.5) is 0 Å². The van der Waals surface area contributed by atoms with Crippen LogP contribution in [-0.4, -0.2) is 48.2 Å². The molecule has 1 amide bonds. The van der Waals surface area contributed by atoms with Gasteiger partial charge in [-0.05, 0) is 73.4 Å². The van der Waals surface area contributed by atoms with E-state index >= 15 is 0 Å². The number of ether oxygens (including phenoxy) is 1. The molecule has 2 aromatic rings. The zero-order valence-corrected chi connectivity index (χ0v) is 20.3. The second-order valence-corrected chi connectivity index (χ2v) is 9.74. The molecule has 0 radical (unpaired) electrons. The maximum absolute atomic E-state index is 13.9. The summed E-state index contributed by atoms with van der Waals surface area (Å²) in [6.07, 6.45) is 6.59. The third-order valence-corrected chi connectivity index (χ3v) is 7.26. The van der Waals surface area contributed by atoms with Gasteiger partial charge in [0.2, 0.25) is 5.91 Å². The van der Waals surface area contributed by atoms with Gasteiger partial charge in [-0.25, -0.2) is 0 Å². The summed E-state index contributed by atoms with van der Waals surface area (Å²) in [6.45, 7) is 2.73. The second-order valence-electron chi connectivity index (χ2n) is 9.33. The van der Waals surface area contributed by atoms with Crippen LogP contribution in [0.5, 0.6) is 0 Å². The zero-order chi connectivity index (χ0) is 23.4. The molecule has 33 heavy (non-hydrogen) atoms. The van der Waals surface area contributed by atoms with E-state index in [2.05, 4.69) is 17.4 Å². The molecule has 2 atom stereocenters. The van der Waals surface area contributed by atoms with Gasteiger partial charge in [0.15, 0.2) is 0 Å². The van der Waals surface area contributed by atoms with Crippen LogP contribution in [0.25, 0.3) is 0 Å². The highest BCUT2D eigenvalue weighted by Crippen LogP contribution is 2.36. The average molecular weight is 472 g/mol. The SMILES string of the molecule is COCCCc1ccc(Cl)c(CN(C(=O)C2CNCC[C@@H]2c2ccn(C)c(=O)c2)C2CC2)c1. The molecule has 2 fully saturated rings. The summed E-state index contributed by atoms with van der Waals surface area (Å²) in [6, 6.07) is 10.1. The number of carbonyl (C=O) groups excluding carboxylic acids is 1. The van der Waals surface area contributed by atoms with Gasteiger partial charge >= 0.3 is 0 Å². The van der Waals surface area contributed by atoms with Crippen molar-refractivity contribution < 1.29 is 9.53 Å². The van der Waals surface area contributed by atoms with Crippen molar-refractivity contribution in [1.82, 2.24) is 14.8 Å². The molecule has 1 N–H and O–H groups in total. The predicted octanol–water partition coefficient (Wildman–Crippen LogP) is 3.50. The van der Waals surface area contributed by atoms with Crippen LogP contribution >= 0.6 is 11.6 Å². The molecule has 1 unspecified atom stereocenters. The lowest BCUT2D eigenvalue weighted by atomic mass is 9.80. The standard InChI is InChI=1S/C26H34ClN3O3/c1-29-12-10-19(15-25(29)31)22-9-11-28-16-23(22)26(32)30(21-6-7-21)17-20-14-18(4-3-13-33-2)5-8-24(20)27/h5,8,10,12,14-15,21-23,28H,3-4,6-7,9,11,13,16-17H2,1-2H3/t22-,23?/m1/s1. The Bertz CT molecular complexity index is 1030. The molecule has 1 aliphatic carbocycles. The molecule has 1 aromatic heterocycles. The molecule has 4 rings (SSSR count). The Balaban J connectivity index is 1.55. The van der Waals surface area contributed by atoms with Crippen molar-refractivity contribution in [3.05, 3.63) is 68.6 Å². The van der Waals surface area contributed by atoms with E-state index in [0.29, 0.717) is 18.1 Å². The van der Waals surface area contributed by atoms with Gasteiger partial charge < -0.3 is 19.5 Å². The summed E-state index contributed by atoms with van der Waals surface area (Å²) >= 11 is 6.56. The Kier molecular flexibility index (Phi) is 7.89. The number of aromatic nitrogens is 1. The Hall–Kier alpha value is -2.15.